The molecule has 150 valence electrons. The molecule has 0 saturated carbocycles. The number of furan rings is 1. The average molecular weight is 416 g/mol. The number of benzene rings is 2. The maximum Gasteiger partial charge on any atom is 0.235 e. The van der Waals surface area contributed by atoms with Crippen LogP contribution in [0.15, 0.2) is 65.1 Å². The van der Waals surface area contributed by atoms with E-state index in [0.29, 0.717) is 17.5 Å². The number of hydrogen-bond donors (Lipinski definition) is 0. The molecule has 1 aliphatic rings. The smallest absolute Gasteiger partial charge is 0.235 e. The standard InChI is InChI=1S/C23H21N5OS/c1-2-6-16(7-3-1)18-10-12-27(15-18)13-11-21-26-28-22(24-25-23(28)30-21)20-14-17-8-4-5-9-19(17)29-20/h1-9,14,18H,10-13,15H2/t18-/m1/s1. The zero-order valence-corrected chi connectivity index (χ0v) is 17.3. The highest BCUT2D eigenvalue weighted by molar-refractivity contribution is 7.16. The van der Waals surface area contributed by atoms with Crippen LogP contribution in [0.4, 0.5) is 0 Å². The number of rotatable bonds is 5. The molecule has 6 nitrogen and oxygen atoms in total. The fourth-order valence-corrected chi connectivity index (χ4v) is 5.11. The SMILES string of the molecule is c1ccc([C@@H]2CCN(CCc3nn4c(-c5cc6ccccc6o5)nnc4s3)C2)cc1. The summed E-state index contributed by atoms with van der Waals surface area (Å²) in [5.41, 5.74) is 2.30. The van der Waals surface area contributed by atoms with Gasteiger partial charge < -0.3 is 9.32 Å². The zero-order valence-electron chi connectivity index (χ0n) is 16.4. The van der Waals surface area contributed by atoms with Crippen molar-refractivity contribution in [2.24, 2.45) is 0 Å². The van der Waals surface area contributed by atoms with Crippen LogP contribution in [0.3, 0.4) is 0 Å². The average Bonchev–Trinajstić information content (AvgIpc) is 3.55. The number of para-hydroxylation sites is 1. The van der Waals surface area contributed by atoms with Crippen LogP contribution < -0.4 is 0 Å². The molecule has 30 heavy (non-hydrogen) atoms. The van der Waals surface area contributed by atoms with Gasteiger partial charge in [0.05, 0.1) is 0 Å². The summed E-state index contributed by atoms with van der Waals surface area (Å²) in [5.74, 6) is 2.00. The highest BCUT2D eigenvalue weighted by Gasteiger charge is 2.24. The third-order valence-electron chi connectivity index (χ3n) is 5.86. The van der Waals surface area contributed by atoms with E-state index in [1.54, 1.807) is 11.3 Å². The largest absolute Gasteiger partial charge is 0.453 e. The van der Waals surface area contributed by atoms with Gasteiger partial charge in [-0.15, -0.1) is 10.2 Å². The van der Waals surface area contributed by atoms with Crippen molar-refractivity contribution in [2.75, 3.05) is 19.6 Å². The summed E-state index contributed by atoms with van der Waals surface area (Å²) in [7, 11) is 0. The molecule has 0 spiro atoms. The second kappa shape index (κ2) is 7.34. The highest BCUT2D eigenvalue weighted by Crippen LogP contribution is 2.29. The quantitative estimate of drug-likeness (QED) is 0.419. The summed E-state index contributed by atoms with van der Waals surface area (Å²) in [6, 6.07) is 20.8. The van der Waals surface area contributed by atoms with E-state index in [9.17, 15) is 0 Å². The minimum atomic E-state index is 0.642. The van der Waals surface area contributed by atoms with Crippen LogP contribution in [0.2, 0.25) is 0 Å². The fourth-order valence-electron chi connectivity index (χ4n) is 4.29. The molecule has 1 saturated heterocycles. The lowest BCUT2D eigenvalue weighted by atomic mass is 9.99. The van der Waals surface area contributed by atoms with E-state index in [4.69, 9.17) is 9.52 Å². The van der Waals surface area contributed by atoms with Crippen molar-refractivity contribution in [3.63, 3.8) is 0 Å². The Bertz CT molecular complexity index is 1270. The second-order valence-corrected chi connectivity index (χ2v) is 8.85. The van der Waals surface area contributed by atoms with E-state index >= 15 is 0 Å². The van der Waals surface area contributed by atoms with E-state index in [-0.39, 0.29) is 0 Å². The maximum atomic E-state index is 5.96. The van der Waals surface area contributed by atoms with Crippen molar-refractivity contribution in [3.8, 4) is 11.6 Å². The Morgan fingerprint density at radius 3 is 2.80 bits per heavy atom. The Hall–Kier alpha value is -3.03. The van der Waals surface area contributed by atoms with Crippen molar-refractivity contribution in [1.82, 2.24) is 24.7 Å². The molecule has 5 aromatic rings. The lowest BCUT2D eigenvalue weighted by molar-refractivity contribution is 0.338. The molecule has 3 aromatic heterocycles. The van der Waals surface area contributed by atoms with Crippen LogP contribution in [0.25, 0.3) is 27.5 Å². The molecule has 0 radical (unpaired) electrons. The van der Waals surface area contributed by atoms with Gasteiger partial charge in [0.15, 0.2) is 5.76 Å². The highest BCUT2D eigenvalue weighted by atomic mass is 32.1. The molecular weight excluding hydrogens is 394 g/mol. The van der Waals surface area contributed by atoms with Crippen molar-refractivity contribution >= 4 is 27.3 Å². The monoisotopic (exact) mass is 415 g/mol. The fraction of sp³-hybridized carbons (Fsp3) is 0.261. The van der Waals surface area contributed by atoms with Gasteiger partial charge in [-0.25, -0.2) is 0 Å². The molecule has 0 aliphatic carbocycles. The summed E-state index contributed by atoms with van der Waals surface area (Å²) in [5, 5.41) is 15.5. The normalized spacial score (nSPS) is 17.4. The third-order valence-corrected chi connectivity index (χ3v) is 6.82. The summed E-state index contributed by atoms with van der Waals surface area (Å²) >= 11 is 1.61. The van der Waals surface area contributed by atoms with Gasteiger partial charge in [0.2, 0.25) is 10.8 Å². The summed E-state index contributed by atoms with van der Waals surface area (Å²) in [6.45, 7) is 3.29. The van der Waals surface area contributed by atoms with E-state index in [2.05, 4.69) is 45.4 Å². The first-order valence-corrected chi connectivity index (χ1v) is 11.1. The Labute approximate surface area is 177 Å². The topological polar surface area (TPSA) is 59.5 Å². The van der Waals surface area contributed by atoms with Gasteiger partial charge in [-0.05, 0) is 36.6 Å². The minimum Gasteiger partial charge on any atom is -0.453 e. The molecule has 2 aromatic carbocycles. The molecule has 1 aliphatic heterocycles. The zero-order chi connectivity index (χ0) is 19.9. The van der Waals surface area contributed by atoms with Crippen molar-refractivity contribution in [1.29, 1.82) is 0 Å². The van der Waals surface area contributed by atoms with Gasteiger partial charge in [-0.3, -0.25) is 0 Å². The van der Waals surface area contributed by atoms with Crippen LogP contribution in [-0.4, -0.2) is 44.3 Å². The van der Waals surface area contributed by atoms with Gasteiger partial charge in [-0.2, -0.15) is 9.61 Å². The summed E-state index contributed by atoms with van der Waals surface area (Å²) < 4.78 is 7.77. The maximum absolute atomic E-state index is 5.96. The van der Waals surface area contributed by atoms with Gasteiger partial charge in [0.25, 0.3) is 0 Å². The van der Waals surface area contributed by atoms with Crippen molar-refractivity contribution < 1.29 is 4.42 Å². The molecule has 4 heterocycles. The first-order chi connectivity index (χ1) is 14.8. The van der Waals surface area contributed by atoms with Crippen LogP contribution in [-0.2, 0) is 6.42 Å². The summed E-state index contributed by atoms with van der Waals surface area (Å²) in [6.07, 6.45) is 2.15. The van der Waals surface area contributed by atoms with Gasteiger partial charge in [0.1, 0.15) is 10.6 Å². The van der Waals surface area contributed by atoms with E-state index in [1.165, 1.54) is 12.0 Å². The first kappa shape index (κ1) is 17.8. The van der Waals surface area contributed by atoms with E-state index in [1.807, 2.05) is 34.8 Å². The predicted molar refractivity (Wildman–Crippen MR) is 118 cm³/mol. The van der Waals surface area contributed by atoms with Crippen molar-refractivity contribution in [2.45, 2.75) is 18.8 Å². The van der Waals surface area contributed by atoms with Crippen LogP contribution in [0, 0.1) is 0 Å². The molecule has 0 N–H and O–H groups in total. The molecule has 6 rings (SSSR count). The molecule has 1 fully saturated rings. The number of likely N-dealkylation sites (tertiary alicyclic amines) is 1. The van der Waals surface area contributed by atoms with Crippen LogP contribution in [0.1, 0.15) is 22.9 Å². The van der Waals surface area contributed by atoms with Crippen LogP contribution in [0.5, 0.6) is 0 Å². The Morgan fingerprint density at radius 1 is 1.03 bits per heavy atom. The third kappa shape index (κ3) is 3.20. The van der Waals surface area contributed by atoms with E-state index < -0.39 is 0 Å². The molecule has 0 amide bonds. The van der Waals surface area contributed by atoms with Gasteiger partial charge in [0, 0.05) is 24.9 Å². The molecule has 1 atom stereocenters. The number of hydrogen-bond acceptors (Lipinski definition) is 6. The minimum absolute atomic E-state index is 0.642. The Morgan fingerprint density at radius 2 is 1.90 bits per heavy atom. The second-order valence-electron chi connectivity index (χ2n) is 7.81. The Balaban J connectivity index is 1.17. The molecule has 0 unspecified atom stereocenters. The van der Waals surface area contributed by atoms with E-state index in [0.717, 1.165) is 47.0 Å². The van der Waals surface area contributed by atoms with Crippen LogP contribution >= 0.6 is 11.3 Å². The lowest BCUT2D eigenvalue weighted by Gasteiger charge is -2.15. The number of aromatic nitrogens is 4. The molecular formula is C23H21N5OS. The summed E-state index contributed by atoms with van der Waals surface area (Å²) in [4.78, 5) is 3.35. The van der Waals surface area contributed by atoms with Crippen molar-refractivity contribution in [3.05, 3.63) is 71.2 Å². The predicted octanol–water partition coefficient (Wildman–Crippen LogP) is 4.63. The number of fused-ring (bicyclic) bond motifs is 2. The van der Waals surface area contributed by atoms with Gasteiger partial charge >= 0.3 is 0 Å². The Kier molecular flexibility index (Phi) is 4.35. The first-order valence-electron chi connectivity index (χ1n) is 10.3. The molecule has 0 bridgehead atoms. The van der Waals surface area contributed by atoms with Gasteiger partial charge in [-0.1, -0.05) is 59.9 Å². The number of nitrogens with zero attached hydrogens (tertiary/aromatic N) is 5. The lowest BCUT2D eigenvalue weighted by Crippen LogP contribution is -2.23. The molecule has 7 heteroatoms.